The molecule has 0 aliphatic heterocycles. The molecule has 0 spiro atoms. The second-order valence-electron chi connectivity index (χ2n) is 2.52. The van der Waals surface area contributed by atoms with Crippen molar-refractivity contribution >= 4 is 0 Å². The Hall–Kier alpha value is -0.340. The van der Waals surface area contributed by atoms with Gasteiger partial charge < -0.3 is 10.5 Å². The van der Waals surface area contributed by atoms with Crippen LogP contribution in [0.2, 0.25) is 0 Å². The fraction of sp³-hybridized carbons (Fsp3) is 0.778. The standard InChI is InChI=1S/C9H19NO/c1-3-5-9(4-2)6-7-11-8-10/h4H,3,5-8,10H2,1-2H3/b9-4+. The lowest BCUT2D eigenvalue weighted by molar-refractivity contribution is 0.143. The first-order valence-electron chi connectivity index (χ1n) is 4.27. The first-order chi connectivity index (χ1) is 5.35. The Bertz CT molecular complexity index is 110. The van der Waals surface area contributed by atoms with Crippen molar-refractivity contribution in [1.82, 2.24) is 0 Å². The minimum absolute atomic E-state index is 0.336. The normalized spacial score (nSPS) is 12.1. The monoisotopic (exact) mass is 157 g/mol. The van der Waals surface area contributed by atoms with Crippen LogP contribution in [-0.4, -0.2) is 13.3 Å². The Morgan fingerprint density at radius 3 is 2.64 bits per heavy atom. The van der Waals surface area contributed by atoms with Crippen LogP contribution >= 0.6 is 0 Å². The third kappa shape index (κ3) is 6.07. The molecule has 0 saturated heterocycles. The molecule has 0 saturated carbocycles. The van der Waals surface area contributed by atoms with Crippen molar-refractivity contribution in [3.05, 3.63) is 11.6 Å². The molecule has 0 heterocycles. The van der Waals surface area contributed by atoms with E-state index in [2.05, 4.69) is 19.9 Å². The Balaban J connectivity index is 3.37. The van der Waals surface area contributed by atoms with Gasteiger partial charge in [-0.05, 0) is 19.8 Å². The highest BCUT2D eigenvalue weighted by Gasteiger charge is 1.93. The first kappa shape index (κ1) is 10.7. The number of rotatable bonds is 6. The molecule has 11 heavy (non-hydrogen) atoms. The molecule has 0 aromatic rings. The first-order valence-corrected chi connectivity index (χ1v) is 4.27. The third-order valence-corrected chi connectivity index (χ3v) is 1.66. The van der Waals surface area contributed by atoms with Crippen LogP contribution in [0.4, 0.5) is 0 Å². The van der Waals surface area contributed by atoms with Crippen LogP contribution in [0.5, 0.6) is 0 Å². The molecule has 0 aliphatic rings. The quantitative estimate of drug-likeness (QED) is 0.364. The van der Waals surface area contributed by atoms with Crippen molar-refractivity contribution in [3.63, 3.8) is 0 Å². The molecule has 0 rings (SSSR count). The van der Waals surface area contributed by atoms with E-state index >= 15 is 0 Å². The van der Waals surface area contributed by atoms with Crippen molar-refractivity contribution < 1.29 is 4.74 Å². The summed E-state index contributed by atoms with van der Waals surface area (Å²) in [6.07, 6.45) is 5.59. The van der Waals surface area contributed by atoms with Gasteiger partial charge in [-0.3, -0.25) is 0 Å². The molecule has 0 aromatic heterocycles. The fourth-order valence-electron chi connectivity index (χ4n) is 1.02. The summed E-state index contributed by atoms with van der Waals surface area (Å²) in [5.74, 6) is 0. The van der Waals surface area contributed by atoms with Gasteiger partial charge in [0.1, 0.15) is 0 Å². The molecule has 0 aromatic carbocycles. The summed E-state index contributed by atoms with van der Waals surface area (Å²) in [6.45, 7) is 5.36. The lowest BCUT2D eigenvalue weighted by Gasteiger charge is -2.04. The zero-order chi connectivity index (χ0) is 8.53. The maximum absolute atomic E-state index is 5.19. The molecule has 2 heteroatoms. The van der Waals surface area contributed by atoms with Gasteiger partial charge in [0, 0.05) is 0 Å². The topological polar surface area (TPSA) is 35.2 Å². The minimum atomic E-state index is 0.336. The van der Waals surface area contributed by atoms with Crippen molar-refractivity contribution in [3.8, 4) is 0 Å². The molecule has 0 aliphatic carbocycles. The lowest BCUT2D eigenvalue weighted by Crippen LogP contribution is -2.06. The summed E-state index contributed by atoms with van der Waals surface area (Å²) in [6, 6.07) is 0. The van der Waals surface area contributed by atoms with Gasteiger partial charge >= 0.3 is 0 Å². The molecule has 0 unspecified atom stereocenters. The second-order valence-corrected chi connectivity index (χ2v) is 2.52. The van der Waals surface area contributed by atoms with Crippen LogP contribution < -0.4 is 5.73 Å². The summed E-state index contributed by atoms with van der Waals surface area (Å²) in [5, 5.41) is 0. The number of ether oxygens (including phenoxy) is 1. The smallest absolute Gasteiger partial charge is 0.0940 e. The molecule has 2 nitrogen and oxygen atoms in total. The Kier molecular flexibility index (Phi) is 7.52. The van der Waals surface area contributed by atoms with Gasteiger partial charge in [-0.25, -0.2) is 0 Å². The van der Waals surface area contributed by atoms with Gasteiger partial charge in [0.15, 0.2) is 0 Å². The van der Waals surface area contributed by atoms with Crippen LogP contribution in [0, 0.1) is 0 Å². The van der Waals surface area contributed by atoms with Crippen molar-refractivity contribution in [2.45, 2.75) is 33.1 Å². The number of hydrogen-bond donors (Lipinski definition) is 1. The number of nitrogens with two attached hydrogens (primary N) is 1. The maximum atomic E-state index is 5.19. The Morgan fingerprint density at radius 1 is 1.45 bits per heavy atom. The Morgan fingerprint density at radius 2 is 2.18 bits per heavy atom. The van der Waals surface area contributed by atoms with Crippen molar-refractivity contribution in [2.24, 2.45) is 5.73 Å². The van der Waals surface area contributed by atoms with E-state index in [0.717, 1.165) is 13.0 Å². The molecule has 0 amide bonds. The molecular formula is C9H19NO. The zero-order valence-corrected chi connectivity index (χ0v) is 7.60. The average Bonchev–Trinajstić information content (AvgIpc) is 2.03. The maximum Gasteiger partial charge on any atom is 0.0940 e. The van der Waals surface area contributed by atoms with Crippen LogP contribution in [0.15, 0.2) is 11.6 Å². The van der Waals surface area contributed by atoms with E-state index in [1.807, 2.05) is 0 Å². The van der Waals surface area contributed by atoms with Crippen LogP contribution in [0.3, 0.4) is 0 Å². The van der Waals surface area contributed by atoms with E-state index in [1.165, 1.54) is 18.4 Å². The summed E-state index contributed by atoms with van der Waals surface area (Å²) in [4.78, 5) is 0. The van der Waals surface area contributed by atoms with Gasteiger partial charge in [-0.1, -0.05) is 25.0 Å². The highest BCUT2D eigenvalue weighted by atomic mass is 16.5. The van der Waals surface area contributed by atoms with Crippen molar-refractivity contribution in [2.75, 3.05) is 13.3 Å². The highest BCUT2D eigenvalue weighted by molar-refractivity contribution is 4.99. The van der Waals surface area contributed by atoms with Crippen LogP contribution in [-0.2, 0) is 4.74 Å². The lowest BCUT2D eigenvalue weighted by atomic mass is 10.1. The SMILES string of the molecule is C/C=C(\CCC)CCOCN. The second kappa shape index (κ2) is 7.76. The van der Waals surface area contributed by atoms with E-state index in [4.69, 9.17) is 10.5 Å². The third-order valence-electron chi connectivity index (χ3n) is 1.66. The molecule has 0 fully saturated rings. The highest BCUT2D eigenvalue weighted by Crippen LogP contribution is 2.08. The summed E-state index contributed by atoms with van der Waals surface area (Å²) < 4.78 is 5.05. The molecule has 2 N–H and O–H groups in total. The van der Waals surface area contributed by atoms with E-state index in [0.29, 0.717) is 6.73 Å². The number of allylic oxidation sites excluding steroid dienone is 1. The predicted molar refractivity (Wildman–Crippen MR) is 48.3 cm³/mol. The van der Waals surface area contributed by atoms with Crippen LogP contribution in [0.1, 0.15) is 33.1 Å². The zero-order valence-electron chi connectivity index (χ0n) is 7.60. The van der Waals surface area contributed by atoms with E-state index < -0.39 is 0 Å². The molecular weight excluding hydrogens is 138 g/mol. The van der Waals surface area contributed by atoms with E-state index in [9.17, 15) is 0 Å². The average molecular weight is 157 g/mol. The van der Waals surface area contributed by atoms with Gasteiger partial charge in [0.2, 0.25) is 0 Å². The summed E-state index contributed by atoms with van der Waals surface area (Å²) >= 11 is 0. The summed E-state index contributed by atoms with van der Waals surface area (Å²) in [7, 11) is 0. The summed E-state index contributed by atoms with van der Waals surface area (Å²) in [5.41, 5.74) is 6.66. The van der Waals surface area contributed by atoms with Gasteiger partial charge in [0.05, 0.1) is 13.3 Å². The van der Waals surface area contributed by atoms with E-state index in [-0.39, 0.29) is 0 Å². The van der Waals surface area contributed by atoms with Gasteiger partial charge in [0.25, 0.3) is 0 Å². The number of hydrogen-bond acceptors (Lipinski definition) is 2. The fourth-order valence-corrected chi connectivity index (χ4v) is 1.02. The molecule has 0 bridgehead atoms. The van der Waals surface area contributed by atoms with E-state index in [1.54, 1.807) is 0 Å². The predicted octanol–water partition coefficient (Wildman–Crippen LogP) is 2.06. The Labute approximate surface area is 69.4 Å². The van der Waals surface area contributed by atoms with Crippen molar-refractivity contribution in [1.29, 1.82) is 0 Å². The van der Waals surface area contributed by atoms with Gasteiger partial charge in [-0.2, -0.15) is 0 Å². The minimum Gasteiger partial charge on any atom is -0.366 e. The van der Waals surface area contributed by atoms with Gasteiger partial charge in [-0.15, -0.1) is 0 Å². The largest absolute Gasteiger partial charge is 0.366 e. The molecule has 0 radical (unpaired) electrons. The molecule has 0 atom stereocenters. The molecule has 66 valence electrons. The van der Waals surface area contributed by atoms with Crippen LogP contribution in [0.25, 0.3) is 0 Å².